The van der Waals surface area contributed by atoms with Crippen molar-refractivity contribution in [3.8, 4) is 5.75 Å². The molecule has 4 rings (SSSR count). The number of fused-ring (bicyclic) bond motifs is 1. The maximum Gasteiger partial charge on any atom is 0.264 e. The summed E-state index contributed by atoms with van der Waals surface area (Å²) in [6.07, 6.45) is 1.84. The zero-order valence-electron chi connectivity index (χ0n) is 14.0. The molecule has 0 fully saturated rings. The van der Waals surface area contributed by atoms with E-state index in [2.05, 4.69) is 4.98 Å². The highest BCUT2D eigenvalue weighted by Crippen LogP contribution is 2.33. The first-order chi connectivity index (χ1) is 12.6. The van der Waals surface area contributed by atoms with Gasteiger partial charge in [-0.05, 0) is 43.3 Å². The van der Waals surface area contributed by atoms with Crippen LogP contribution >= 0.6 is 22.9 Å². The Morgan fingerprint density at radius 1 is 1.23 bits per heavy atom. The van der Waals surface area contributed by atoms with E-state index in [0.29, 0.717) is 15.7 Å². The molecule has 1 aliphatic heterocycles. The summed E-state index contributed by atoms with van der Waals surface area (Å²) in [4.78, 5) is 19.4. The fraction of sp³-hybridized carbons (Fsp3) is 0.100. The number of hydrogen-bond donors (Lipinski definition) is 0. The highest BCUT2D eigenvalue weighted by molar-refractivity contribution is 7.14. The molecule has 1 aliphatic rings. The lowest BCUT2D eigenvalue weighted by Gasteiger charge is -2.24. The zero-order chi connectivity index (χ0) is 18.1. The summed E-state index contributed by atoms with van der Waals surface area (Å²) >= 11 is 7.51. The summed E-state index contributed by atoms with van der Waals surface area (Å²) in [6, 6.07) is 14.9. The van der Waals surface area contributed by atoms with Crippen molar-refractivity contribution in [3.63, 3.8) is 0 Å². The van der Waals surface area contributed by atoms with Crippen LogP contribution in [-0.2, 0) is 4.79 Å². The number of rotatable bonds is 3. The van der Waals surface area contributed by atoms with Crippen molar-refractivity contribution < 1.29 is 9.53 Å². The molecule has 0 saturated heterocycles. The van der Waals surface area contributed by atoms with Gasteiger partial charge in [0.15, 0.2) is 5.13 Å². The summed E-state index contributed by atoms with van der Waals surface area (Å²) < 4.78 is 5.75. The molecule has 26 heavy (non-hydrogen) atoms. The van der Waals surface area contributed by atoms with Crippen LogP contribution in [0.5, 0.6) is 5.75 Å². The standard InChI is InChI=1S/C20H15ClN2O2S/c1-13-12-26-20(22-13)23(17-5-3-2-4-6-17)19(24)15-9-14-10-16(21)7-8-18(14)25-11-15/h2-10,12H,11H2,1H3. The van der Waals surface area contributed by atoms with Crippen molar-refractivity contribution in [2.45, 2.75) is 6.92 Å². The fourth-order valence-electron chi connectivity index (χ4n) is 2.75. The normalized spacial score (nSPS) is 12.8. The van der Waals surface area contributed by atoms with E-state index in [1.807, 2.05) is 54.8 Å². The fourth-order valence-corrected chi connectivity index (χ4v) is 3.75. The van der Waals surface area contributed by atoms with Gasteiger partial charge in [0.25, 0.3) is 5.91 Å². The van der Waals surface area contributed by atoms with E-state index in [-0.39, 0.29) is 12.5 Å². The number of amides is 1. The molecule has 2 heterocycles. The lowest BCUT2D eigenvalue weighted by molar-refractivity contribution is -0.114. The van der Waals surface area contributed by atoms with Gasteiger partial charge in [-0.2, -0.15) is 0 Å². The Kier molecular flexibility index (Phi) is 4.49. The van der Waals surface area contributed by atoms with Crippen molar-refractivity contribution in [2.75, 3.05) is 11.5 Å². The van der Waals surface area contributed by atoms with Gasteiger partial charge in [-0.3, -0.25) is 9.69 Å². The molecule has 3 aromatic rings. The lowest BCUT2D eigenvalue weighted by Crippen LogP contribution is -2.30. The maximum absolute atomic E-state index is 13.3. The number of nitrogens with zero attached hydrogens (tertiary/aromatic N) is 2. The predicted molar refractivity (Wildman–Crippen MR) is 105 cm³/mol. The number of para-hydroxylation sites is 1. The van der Waals surface area contributed by atoms with E-state index < -0.39 is 0 Å². The molecule has 4 nitrogen and oxygen atoms in total. The van der Waals surface area contributed by atoms with E-state index in [4.69, 9.17) is 16.3 Å². The number of carbonyl (C=O) groups excluding carboxylic acids is 1. The highest BCUT2D eigenvalue weighted by Gasteiger charge is 2.26. The quantitative estimate of drug-likeness (QED) is 0.621. The number of hydrogen-bond acceptors (Lipinski definition) is 4. The van der Waals surface area contributed by atoms with Crippen LogP contribution in [0, 0.1) is 6.92 Å². The summed E-state index contributed by atoms with van der Waals surface area (Å²) in [6.45, 7) is 2.12. The summed E-state index contributed by atoms with van der Waals surface area (Å²) in [5.74, 6) is 0.568. The Hall–Kier alpha value is -2.63. The Balaban J connectivity index is 1.76. The largest absolute Gasteiger partial charge is 0.488 e. The monoisotopic (exact) mass is 382 g/mol. The van der Waals surface area contributed by atoms with Crippen LogP contribution in [0.2, 0.25) is 5.02 Å². The molecule has 0 spiro atoms. The number of benzene rings is 2. The van der Waals surface area contributed by atoms with E-state index in [1.165, 1.54) is 11.3 Å². The minimum atomic E-state index is -0.156. The minimum absolute atomic E-state index is 0.156. The number of thiazole rings is 1. The van der Waals surface area contributed by atoms with Crippen molar-refractivity contribution >= 4 is 45.7 Å². The lowest BCUT2D eigenvalue weighted by atomic mass is 10.1. The van der Waals surface area contributed by atoms with Gasteiger partial charge in [0.05, 0.1) is 17.0 Å². The second-order valence-corrected chi connectivity index (χ2v) is 7.16. The third-order valence-electron chi connectivity index (χ3n) is 3.98. The van der Waals surface area contributed by atoms with Gasteiger partial charge in [0, 0.05) is 16.0 Å². The highest BCUT2D eigenvalue weighted by atomic mass is 35.5. The molecule has 1 amide bonds. The van der Waals surface area contributed by atoms with Gasteiger partial charge in [0.1, 0.15) is 12.4 Å². The SMILES string of the molecule is Cc1csc(N(C(=O)C2=Cc3cc(Cl)ccc3OC2)c2ccccc2)n1. The minimum Gasteiger partial charge on any atom is -0.488 e. The molecule has 0 radical (unpaired) electrons. The Morgan fingerprint density at radius 2 is 2.04 bits per heavy atom. The average molecular weight is 383 g/mol. The first kappa shape index (κ1) is 16.8. The molecule has 2 aromatic carbocycles. The van der Waals surface area contributed by atoms with Gasteiger partial charge in [0.2, 0.25) is 0 Å². The number of aromatic nitrogens is 1. The number of aryl methyl sites for hydroxylation is 1. The maximum atomic E-state index is 13.3. The van der Waals surface area contributed by atoms with E-state index in [9.17, 15) is 4.79 Å². The molecule has 0 bridgehead atoms. The zero-order valence-corrected chi connectivity index (χ0v) is 15.6. The van der Waals surface area contributed by atoms with Gasteiger partial charge in [-0.1, -0.05) is 29.8 Å². The molecule has 0 unspecified atom stereocenters. The summed E-state index contributed by atoms with van der Waals surface area (Å²) in [5, 5.41) is 3.17. The Bertz CT molecular complexity index is 998. The van der Waals surface area contributed by atoms with Gasteiger partial charge in [-0.25, -0.2) is 4.98 Å². The van der Waals surface area contributed by atoms with Crippen molar-refractivity contribution in [1.82, 2.24) is 4.98 Å². The third kappa shape index (κ3) is 3.23. The molecule has 0 N–H and O–H groups in total. The molecular formula is C20H15ClN2O2S. The first-order valence-corrected chi connectivity index (χ1v) is 9.32. The number of carbonyl (C=O) groups is 1. The van der Waals surface area contributed by atoms with E-state index in [0.717, 1.165) is 22.7 Å². The van der Waals surface area contributed by atoms with Crippen LogP contribution in [0.4, 0.5) is 10.8 Å². The van der Waals surface area contributed by atoms with Gasteiger partial charge >= 0.3 is 0 Å². The Morgan fingerprint density at radius 3 is 2.77 bits per heavy atom. The average Bonchev–Trinajstić information content (AvgIpc) is 3.08. The molecule has 130 valence electrons. The van der Waals surface area contributed by atoms with Crippen molar-refractivity contribution in [1.29, 1.82) is 0 Å². The number of ether oxygens (including phenoxy) is 1. The van der Waals surface area contributed by atoms with E-state index >= 15 is 0 Å². The van der Waals surface area contributed by atoms with Crippen LogP contribution in [0.15, 0.2) is 59.5 Å². The molecule has 6 heteroatoms. The van der Waals surface area contributed by atoms with Gasteiger partial charge in [-0.15, -0.1) is 11.3 Å². The third-order valence-corrected chi connectivity index (χ3v) is 5.15. The first-order valence-electron chi connectivity index (χ1n) is 8.06. The van der Waals surface area contributed by atoms with E-state index in [1.54, 1.807) is 17.0 Å². The summed E-state index contributed by atoms with van der Waals surface area (Å²) in [7, 11) is 0. The van der Waals surface area contributed by atoms with Crippen LogP contribution in [0.1, 0.15) is 11.3 Å². The molecular weight excluding hydrogens is 368 g/mol. The van der Waals surface area contributed by atoms with Crippen LogP contribution in [-0.4, -0.2) is 17.5 Å². The number of anilines is 2. The smallest absolute Gasteiger partial charge is 0.264 e. The Labute approximate surface area is 160 Å². The molecule has 1 aromatic heterocycles. The van der Waals surface area contributed by atoms with Crippen molar-refractivity contribution in [3.05, 3.63) is 75.8 Å². The molecule has 0 aliphatic carbocycles. The second-order valence-electron chi connectivity index (χ2n) is 5.89. The number of halogens is 1. The molecule has 0 atom stereocenters. The van der Waals surface area contributed by atoms with Crippen molar-refractivity contribution in [2.24, 2.45) is 0 Å². The predicted octanol–water partition coefficient (Wildman–Crippen LogP) is 5.25. The van der Waals surface area contributed by atoms with Gasteiger partial charge < -0.3 is 4.74 Å². The summed E-state index contributed by atoms with van der Waals surface area (Å²) in [5.41, 5.74) is 3.00. The topological polar surface area (TPSA) is 42.4 Å². The van der Waals surface area contributed by atoms with Crippen LogP contribution in [0.25, 0.3) is 6.08 Å². The molecule has 0 saturated carbocycles. The van der Waals surface area contributed by atoms with Crippen LogP contribution < -0.4 is 9.64 Å². The second kappa shape index (κ2) is 6.94. The van der Waals surface area contributed by atoms with Crippen LogP contribution in [0.3, 0.4) is 0 Å².